The Morgan fingerprint density at radius 3 is 2.38 bits per heavy atom. The number of aliphatic carboxylic acids is 1. The molecule has 32 heavy (non-hydrogen) atoms. The van der Waals surface area contributed by atoms with Crippen molar-refractivity contribution >= 4 is 28.5 Å². The molecule has 0 spiro atoms. The van der Waals surface area contributed by atoms with E-state index in [2.05, 4.69) is 15.1 Å². The molecule has 3 rings (SSSR count). The number of halogens is 1. The number of hydrogen-bond donors (Lipinski definition) is 5. The molecule has 12 heteroatoms. The largest absolute Gasteiger partial charge is 0.481 e. The van der Waals surface area contributed by atoms with Gasteiger partial charge in [-0.15, -0.1) is 0 Å². The van der Waals surface area contributed by atoms with Gasteiger partial charge in [0, 0.05) is 30.3 Å². The number of hydrogen-bond acceptors (Lipinski definition) is 10. The summed E-state index contributed by atoms with van der Waals surface area (Å²) in [6.45, 7) is 0.606. The van der Waals surface area contributed by atoms with Crippen LogP contribution in [0.25, 0.3) is 11.0 Å². The molecule has 0 saturated carbocycles. The number of aliphatic hydroxyl groups is 3. The van der Waals surface area contributed by atoms with E-state index in [4.69, 9.17) is 47.0 Å². The molecule has 0 saturated heterocycles. The summed E-state index contributed by atoms with van der Waals surface area (Å²) in [5.74, 6) is 0.0623. The maximum absolute atomic E-state index is 10.7. The third kappa shape index (κ3) is 6.84. The van der Waals surface area contributed by atoms with Crippen LogP contribution in [0.3, 0.4) is 0 Å². The molecule has 2 aromatic heterocycles. The number of aliphatic hydroxyl groups excluding tert-OH is 3. The Kier molecular flexibility index (Phi) is 9.29. The Labute approximate surface area is 188 Å². The van der Waals surface area contributed by atoms with Crippen LogP contribution in [-0.4, -0.2) is 66.9 Å². The van der Waals surface area contributed by atoms with Crippen LogP contribution in [0.5, 0.6) is 5.75 Å². The molecule has 1 unspecified atom stereocenters. The number of aromatic nitrogens is 3. The van der Waals surface area contributed by atoms with Crippen molar-refractivity contribution < 1.29 is 34.5 Å². The second-order valence-electron chi connectivity index (χ2n) is 7.01. The number of fused-ring (bicyclic) bond motifs is 1. The first-order valence-electron chi connectivity index (χ1n) is 9.57. The average Bonchev–Trinajstić information content (AvgIpc) is 3.19. The van der Waals surface area contributed by atoms with Gasteiger partial charge in [0.25, 0.3) is 0 Å². The van der Waals surface area contributed by atoms with Gasteiger partial charge in [-0.25, -0.2) is 9.97 Å². The maximum atomic E-state index is 10.7. The smallest absolute Gasteiger partial charge is 0.303 e. The topological polar surface area (TPSA) is 185 Å². The number of nitrogens with zero attached hydrogens (tertiary/aromatic N) is 3. The summed E-state index contributed by atoms with van der Waals surface area (Å²) in [5, 5.41) is 38.8. The Balaban J connectivity index is 0.000000390. The van der Waals surface area contributed by atoms with Crippen LogP contribution in [0.4, 0.5) is 0 Å². The highest BCUT2D eigenvalue weighted by Gasteiger charge is 2.21. The SMILES string of the molecule is CC(Oc1cc2onc(CCC(=O)O)c2cc1Cl)c1ncccn1.NC(CO)(CO)CO. The van der Waals surface area contributed by atoms with E-state index < -0.39 is 37.4 Å². The van der Waals surface area contributed by atoms with Crippen molar-refractivity contribution in [3.05, 3.63) is 47.1 Å². The van der Waals surface area contributed by atoms with Gasteiger partial charge in [-0.1, -0.05) is 16.8 Å². The Morgan fingerprint density at radius 2 is 1.84 bits per heavy atom. The second kappa shape index (κ2) is 11.7. The molecular weight excluding hydrogens is 444 g/mol. The van der Waals surface area contributed by atoms with Crippen LogP contribution in [0.2, 0.25) is 5.02 Å². The van der Waals surface area contributed by atoms with Crippen molar-refractivity contribution in [2.24, 2.45) is 5.73 Å². The van der Waals surface area contributed by atoms with Crippen LogP contribution in [-0.2, 0) is 11.2 Å². The molecule has 0 radical (unpaired) electrons. The molecule has 0 fully saturated rings. The zero-order valence-electron chi connectivity index (χ0n) is 17.3. The van der Waals surface area contributed by atoms with E-state index in [0.717, 1.165) is 0 Å². The van der Waals surface area contributed by atoms with Crippen LogP contribution < -0.4 is 10.5 Å². The quantitative estimate of drug-likeness (QED) is 0.302. The van der Waals surface area contributed by atoms with Gasteiger partial charge in [0.05, 0.1) is 42.5 Å². The molecule has 3 aromatic rings. The predicted molar refractivity (Wildman–Crippen MR) is 114 cm³/mol. The van der Waals surface area contributed by atoms with Gasteiger partial charge >= 0.3 is 5.97 Å². The standard InChI is InChI=1S/C16H14ClN3O4.C4H11NO3/c1-9(16-18-5-2-6-19-16)23-14-8-13-10(7-11(14)17)12(20-24-13)3-4-15(21)22;5-4(1-6,2-7)3-8/h2,5-9H,3-4H2,1H3,(H,21,22);6-8H,1-3,5H2. The lowest BCUT2D eigenvalue weighted by Crippen LogP contribution is -2.50. The highest BCUT2D eigenvalue weighted by Crippen LogP contribution is 2.34. The zero-order chi connectivity index (χ0) is 23.7. The second-order valence-corrected chi connectivity index (χ2v) is 7.41. The molecule has 174 valence electrons. The number of carbonyl (C=O) groups is 1. The summed E-state index contributed by atoms with van der Waals surface area (Å²) in [6, 6.07) is 5.02. The van der Waals surface area contributed by atoms with Gasteiger partial charge in [0.2, 0.25) is 0 Å². The molecule has 2 heterocycles. The number of carboxylic acid groups (broad SMARTS) is 1. The number of nitrogens with two attached hydrogens (primary N) is 1. The third-order valence-electron chi connectivity index (χ3n) is 4.37. The van der Waals surface area contributed by atoms with E-state index in [1.54, 1.807) is 30.6 Å². The number of ether oxygens (including phenoxy) is 1. The van der Waals surface area contributed by atoms with Gasteiger partial charge in [0.1, 0.15) is 5.75 Å². The van der Waals surface area contributed by atoms with Crippen molar-refractivity contribution in [3.63, 3.8) is 0 Å². The molecule has 0 aliphatic rings. The summed E-state index contributed by atoms with van der Waals surface area (Å²) >= 11 is 6.27. The monoisotopic (exact) mass is 468 g/mol. The van der Waals surface area contributed by atoms with Gasteiger partial charge in [-0.05, 0) is 19.1 Å². The minimum absolute atomic E-state index is 0.0279. The first-order valence-corrected chi connectivity index (χ1v) is 9.95. The van der Waals surface area contributed by atoms with Crippen LogP contribution >= 0.6 is 11.6 Å². The summed E-state index contributed by atoms with van der Waals surface area (Å²) in [4.78, 5) is 19.0. The predicted octanol–water partition coefficient (Wildman–Crippen LogP) is 1.09. The average molecular weight is 469 g/mol. The van der Waals surface area contributed by atoms with E-state index in [9.17, 15) is 4.79 Å². The lowest BCUT2D eigenvalue weighted by molar-refractivity contribution is -0.136. The van der Waals surface area contributed by atoms with Crippen molar-refractivity contribution in [3.8, 4) is 5.75 Å². The lowest BCUT2D eigenvalue weighted by Gasteiger charge is -2.20. The molecule has 11 nitrogen and oxygen atoms in total. The molecule has 1 aromatic carbocycles. The molecule has 0 amide bonds. The van der Waals surface area contributed by atoms with Crippen molar-refractivity contribution in [1.82, 2.24) is 15.1 Å². The van der Waals surface area contributed by atoms with E-state index in [-0.39, 0.29) is 12.8 Å². The van der Waals surface area contributed by atoms with Gasteiger partial charge in [-0.3, -0.25) is 4.79 Å². The molecule has 0 bridgehead atoms. The fourth-order valence-electron chi connectivity index (χ4n) is 2.40. The molecule has 1 atom stereocenters. The third-order valence-corrected chi connectivity index (χ3v) is 4.67. The number of rotatable bonds is 9. The van der Waals surface area contributed by atoms with E-state index in [1.165, 1.54) is 0 Å². The molecule has 6 N–H and O–H groups in total. The summed E-state index contributed by atoms with van der Waals surface area (Å²) in [6.07, 6.45) is 3.12. The fraction of sp³-hybridized carbons (Fsp3) is 0.400. The van der Waals surface area contributed by atoms with Gasteiger partial charge in [-0.2, -0.15) is 0 Å². The molecular formula is C20H25ClN4O7. The zero-order valence-corrected chi connectivity index (χ0v) is 18.1. The first kappa shape index (κ1) is 25.4. The maximum Gasteiger partial charge on any atom is 0.303 e. The van der Waals surface area contributed by atoms with Crippen molar-refractivity contribution in [2.75, 3.05) is 19.8 Å². The minimum Gasteiger partial charge on any atom is -0.481 e. The molecule has 0 aliphatic carbocycles. The number of carboxylic acids is 1. The number of benzene rings is 1. The Bertz CT molecular complexity index is 1000. The van der Waals surface area contributed by atoms with E-state index in [0.29, 0.717) is 33.3 Å². The Hall–Kier alpha value is -2.83. The number of aryl methyl sites for hydroxylation is 1. The van der Waals surface area contributed by atoms with Gasteiger partial charge < -0.3 is 35.4 Å². The lowest BCUT2D eigenvalue weighted by atomic mass is 10.1. The highest BCUT2D eigenvalue weighted by molar-refractivity contribution is 6.32. The van der Waals surface area contributed by atoms with Crippen LogP contribution in [0, 0.1) is 0 Å². The highest BCUT2D eigenvalue weighted by atomic mass is 35.5. The summed E-state index contributed by atoms with van der Waals surface area (Å²) in [7, 11) is 0. The first-order chi connectivity index (χ1) is 15.2. The Morgan fingerprint density at radius 1 is 1.22 bits per heavy atom. The summed E-state index contributed by atoms with van der Waals surface area (Å²) < 4.78 is 11.1. The minimum atomic E-state index is -1.21. The molecule has 0 aliphatic heterocycles. The van der Waals surface area contributed by atoms with E-state index >= 15 is 0 Å². The van der Waals surface area contributed by atoms with Crippen LogP contribution in [0.1, 0.15) is 31.0 Å². The van der Waals surface area contributed by atoms with Crippen molar-refractivity contribution in [2.45, 2.75) is 31.4 Å². The fourth-order valence-corrected chi connectivity index (χ4v) is 2.61. The summed E-state index contributed by atoms with van der Waals surface area (Å²) in [5.41, 5.74) is 4.98. The van der Waals surface area contributed by atoms with Gasteiger partial charge in [0.15, 0.2) is 17.5 Å². The normalized spacial score (nSPS) is 12.2. The van der Waals surface area contributed by atoms with E-state index in [1.807, 2.05) is 6.92 Å². The van der Waals surface area contributed by atoms with Crippen molar-refractivity contribution in [1.29, 1.82) is 0 Å². The van der Waals surface area contributed by atoms with Crippen LogP contribution in [0.15, 0.2) is 35.1 Å².